The van der Waals surface area contributed by atoms with Crippen LogP contribution in [0.2, 0.25) is 0 Å². The zero-order valence-electron chi connectivity index (χ0n) is 11.8. The van der Waals surface area contributed by atoms with E-state index in [0.29, 0.717) is 22.3 Å². The van der Waals surface area contributed by atoms with Gasteiger partial charge in [-0.15, -0.1) is 0 Å². The molecule has 7 nitrogen and oxygen atoms in total. The molecule has 0 fully saturated rings. The highest BCUT2D eigenvalue weighted by Crippen LogP contribution is 2.26. The number of aromatic amines is 1. The highest BCUT2D eigenvalue weighted by Gasteiger charge is 2.12. The summed E-state index contributed by atoms with van der Waals surface area (Å²) in [6, 6.07) is 11.0. The lowest BCUT2D eigenvalue weighted by Crippen LogP contribution is -2.09. The molecule has 114 valence electrons. The predicted molar refractivity (Wildman–Crippen MR) is 86.1 cm³/mol. The number of aromatic nitrogens is 2. The monoisotopic (exact) mass is 309 g/mol. The molecule has 0 spiro atoms. The minimum absolute atomic E-state index is 0.257. The first-order valence-corrected chi connectivity index (χ1v) is 6.69. The fourth-order valence-corrected chi connectivity index (χ4v) is 2.15. The van der Waals surface area contributed by atoms with Crippen LogP contribution in [0.25, 0.3) is 23.1 Å². The van der Waals surface area contributed by atoms with Crippen molar-refractivity contribution in [2.45, 2.75) is 0 Å². The summed E-state index contributed by atoms with van der Waals surface area (Å²) >= 11 is 0. The fraction of sp³-hybridized carbons (Fsp3) is 0. The third-order valence-electron chi connectivity index (χ3n) is 3.26. The second-order valence-electron chi connectivity index (χ2n) is 4.81. The normalized spacial score (nSPS) is 11.1. The summed E-state index contributed by atoms with van der Waals surface area (Å²) in [5, 5.41) is 20.7. The molecule has 0 amide bonds. The van der Waals surface area contributed by atoms with Gasteiger partial charge in [0, 0.05) is 6.07 Å². The number of hydrogen-bond donors (Lipinski definition) is 2. The minimum atomic E-state index is -0.664. The molecule has 0 saturated heterocycles. The van der Waals surface area contributed by atoms with E-state index >= 15 is 0 Å². The van der Waals surface area contributed by atoms with Gasteiger partial charge in [-0.25, -0.2) is 4.98 Å². The smallest absolute Gasteiger partial charge is 0.311 e. The van der Waals surface area contributed by atoms with E-state index in [-0.39, 0.29) is 11.2 Å². The Hall–Kier alpha value is -3.48. The Morgan fingerprint density at radius 3 is 2.74 bits per heavy atom. The molecule has 7 heteroatoms. The summed E-state index contributed by atoms with van der Waals surface area (Å²) in [6.07, 6.45) is 3.11. The highest BCUT2D eigenvalue weighted by atomic mass is 16.6. The zero-order chi connectivity index (χ0) is 16.4. The van der Waals surface area contributed by atoms with Gasteiger partial charge >= 0.3 is 5.69 Å². The number of hydrogen-bond acceptors (Lipinski definition) is 5. The number of nitrogens with zero attached hydrogens (tertiary/aromatic N) is 2. The number of nitrogens with one attached hydrogen (secondary N) is 1. The molecule has 2 aromatic carbocycles. The van der Waals surface area contributed by atoms with E-state index < -0.39 is 10.7 Å². The van der Waals surface area contributed by atoms with Gasteiger partial charge in [0.1, 0.15) is 5.82 Å². The molecule has 0 atom stereocenters. The molecular formula is C16H11N3O4. The topological polar surface area (TPSA) is 109 Å². The lowest BCUT2D eigenvalue weighted by Gasteiger charge is -1.99. The van der Waals surface area contributed by atoms with E-state index in [1.807, 2.05) is 0 Å². The second kappa shape index (κ2) is 5.72. The van der Waals surface area contributed by atoms with E-state index in [0.717, 1.165) is 0 Å². The van der Waals surface area contributed by atoms with Crippen LogP contribution in [0, 0.1) is 10.1 Å². The number of rotatable bonds is 3. The molecule has 0 unspecified atom stereocenters. The van der Waals surface area contributed by atoms with Gasteiger partial charge in [0.2, 0.25) is 0 Å². The van der Waals surface area contributed by atoms with Crippen LogP contribution in [0.15, 0.2) is 47.3 Å². The Morgan fingerprint density at radius 2 is 1.96 bits per heavy atom. The molecule has 3 rings (SSSR count). The molecule has 23 heavy (non-hydrogen) atoms. The Balaban J connectivity index is 1.99. The summed E-state index contributed by atoms with van der Waals surface area (Å²) in [6.45, 7) is 0. The van der Waals surface area contributed by atoms with Crippen molar-refractivity contribution >= 4 is 28.7 Å². The fourth-order valence-electron chi connectivity index (χ4n) is 2.15. The Morgan fingerprint density at radius 1 is 1.17 bits per heavy atom. The summed E-state index contributed by atoms with van der Waals surface area (Å²) in [5.41, 5.74) is 0.428. The molecule has 0 bridgehead atoms. The largest absolute Gasteiger partial charge is 0.502 e. The van der Waals surface area contributed by atoms with E-state index in [1.165, 1.54) is 18.2 Å². The van der Waals surface area contributed by atoms with Gasteiger partial charge < -0.3 is 10.1 Å². The quantitative estimate of drug-likeness (QED) is 0.571. The first-order valence-electron chi connectivity index (χ1n) is 6.69. The second-order valence-corrected chi connectivity index (χ2v) is 4.81. The van der Waals surface area contributed by atoms with Crippen LogP contribution in [-0.2, 0) is 0 Å². The molecular weight excluding hydrogens is 298 g/mol. The van der Waals surface area contributed by atoms with E-state index in [9.17, 15) is 20.0 Å². The Labute approximate surface area is 129 Å². The molecule has 2 N–H and O–H groups in total. The van der Waals surface area contributed by atoms with E-state index in [1.54, 1.807) is 36.4 Å². The number of fused-ring (bicyclic) bond motifs is 1. The minimum Gasteiger partial charge on any atom is -0.502 e. The summed E-state index contributed by atoms with van der Waals surface area (Å²) < 4.78 is 0. The third-order valence-corrected chi connectivity index (χ3v) is 3.26. The van der Waals surface area contributed by atoms with Crippen molar-refractivity contribution in [3.05, 3.63) is 74.3 Å². The Bertz CT molecular complexity index is 992. The van der Waals surface area contributed by atoms with Gasteiger partial charge in [0.15, 0.2) is 5.75 Å². The maximum Gasteiger partial charge on any atom is 0.311 e. The van der Waals surface area contributed by atoms with Crippen molar-refractivity contribution in [2.75, 3.05) is 0 Å². The number of nitro benzene ring substituents is 1. The number of para-hydroxylation sites is 1. The van der Waals surface area contributed by atoms with Crippen LogP contribution in [0.5, 0.6) is 5.75 Å². The van der Waals surface area contributed by atoms with Gasteiger partial charge in [-0.3, -0.25) is 14.9 Å². The Kier molecular flexibility index (Phi) is 3.60. The van der Waals surface area contributed by atoms with Crippen molar-refractivity contribution in [1.29, 1.82) is 0 Å². The van der Waals surface area contributed by atoms with Gasteiger partial charge in [-0.2, -0.15) is 0 Å². The molecule has 3 aromatic rings. The average molecular weight is 309 g/mol. The molecule has 0 radical (unpaired) electrons. The van der Waals surface area contributed by atoms with Gasteiger partial charge in [-0.1, -0.05) is 24.3 Å². The lowest BCUT2D eigenvalue weighted by molar-refractivity contribution is -0.385. The first-order chi connectivity index (χ1) is 11.0. The first kappa shape index (κ1) is 14.5. The maximum absolute atomic E-state index is 11.9. The van der Waals surface area contributed by atoms with Crippen molar-refractivity contribution in [2.24, 2.45) is 0 Å². The SMILES string of the molecule is O=c1[nH]c(C=Cc2ccc(O)c([N+](=O)[O-])c2)nc2ccccc12. The molecule has 0 aliphatic carbocycles. The number of nitro groups is 1. The number of phenols is 1. The van der Waals surface area contributed by atoms with Crippen LogP contribution < -0.4 is 5.56 Å². The summed E-state index contributed by atoms with van der Waals surface area (Å²) in [5.74, 6) is -0.0613. The van der Waals surface area contributed by atoms with E-state index in [2.05, 4.69) is 9.97 Å². The molecule has 1 heterocycles. The molecule has 0 aliphatic heterocycles. The van der Waals surface area contributed by atoms with Crippen molar-refractivity contribution in [3.63, 3.8) is 0 Å². The van der Waals surface area contributed by atoms with Crippen molar-refractivity contribution in [3.8, 4) is 5.75 Å². The third kappa shape index (κ3) is 2.93. The van der Waals surface area contributed by atoms with Crippen LogP contribution in [0.4, 0.5) is 5.69 Å². The summed E-state index contributed by atoms with van der Waals surface area (Å²) in [4.78, 5) is 29.0. The average Bonchev–Trinajstić information content (AvgIpc) is 2.54. The summed E-state index contributed by atoms with van der Waals surface area (Å²) in [7, 11) is 0. The number of aromatic hydroxyl groups is 1. The highest BCUT2D eigenvalue weighted by molar-refractivity contribution is 5.79. The maximum atomic E-state index is 11.9. The van der Waals surface area contributed by atoms with Crippen LogP contribution in [0.3, 0.4) is 0 Å². The van der Waals surface area contributed by atoms with Gasteiger partial charge in [0.25, 0.3) is 5.56 Å². The number of phenolic OH excluding ortho intramolecular Hbond substituents is 1. The van der Waals surface area contributed by atoms with Crippen molar-refractivity contribution < 1.29 is 10.0 Å². The molecule has 0 saturated carbocycles. The lowest BCUT2D eigenvalue weighted by atomic mass is 10.1. The molecule has 0 aliphatic rings. The van der Waals surface area contributed by atoms with E-state index in [4.69, 9.17) is 0 Å². The number of benzene rings is 2. The van der Waals surface area contributed by atoms with Gasteiger partial charge in [-0.05, 0) is 29.8 Å². The van der Waals surface area contributed by atoms with Crippen molar-refractivity contribution in [1.82, 2.24) is 9.97 Å². The van der Waals surface area contributed by atoms with Crippen LogP contribution in [0.1, 0.15) is 11.4 Å². The number of H-pyrrole nitrogens is 1. The standard InChI is InChI=1S/C16H11N3O4/c20-14-7-5-10(9-13(14)19(22)23)6-8-15-17-12-4-2-1-3-11(12)16(21)18-15/h1-9,20H,(H,17,18,21). The van der Waals surface area contributed by atoms with Crippen LogP contribution >= 0.6 is 0 Å². The predicted octanol–water partition coefficient (Wildman–Crippen LogP) is 2.71. The molecule has 1 aromatic heterocycles. The van der Waals surface area contributed by atoms with Crippen LogP contribution in [-0.4, -0.2) is 20.0 Å². The van der Waals surface area contributed by atoms with Gasteiger partial charge in [0.05, 0.1) is 15.8 Å². The zero-order valence-corrected chi connectivity index (χ0v) is 11.8.